The highest BCUT2D eigenvalue weighted by Gasteiger charge is 2.19. The topological polar surface area (TPSA) is 20.5 Å². The lowest BCUT2D eigenvalue weighted by atomic mass is 10.2. The third kappa shape index (κ3) is 1.03. The van der Waals surface area contributed by atoms with Gasteiger partial charge < -0.3 is 9.47 Å². The summed E-state index contributed by atoms with van der Waals surface area (Å²) in [6.45, 7) is 0.890. The molecule has 0 atom stereocenters. The highest BCUT2D eigenvalue weighted by molar-refractivity contribution is 6.02. The smallest absolute Gasteiger partial charge is 0.156 e. The molecule has 1 aliphatic rings. The third-order valence-corrected chi connectivity index (χ3v) is 3.00. The van der Waals surface area contributed by atoms with Gasteiger partial charge in [0.25, 0.3) is 0 Å². The quantitative estimate of drug-likeness (QED) is 0.637. The third-order valence-electron chi connectivity index (χ3n) is 3.00. The molecule has 0 amide bonds. The summed E-state index contributed by atoms with van der Waals surface area (Å²) in [5.74, 6) is 1.06. The minimum atomic E-state index is 0.890. The Labute approximate surface area is 88.6 Å². The Morgan fingerprint density at radius 3 is 2.87 bits per heavy atom. The largest absolute Gasteiger partial charge is 0.366 e. The van der Waals surface area contributed by atoms with Crippen LogP contribution in [0.25, 0.3) is 10.9 Å². The number of hydrogen-bond donors (Lipinski definition) is 0. The number of fused-ring (bicyclic) bond motifs is 3. The summed E-state index contributed by atoms with van der Waals surface area (Å²) in [5, 5.41) is 1.29. The van der Waals surface area contributed by atoms with Crippen molar-refractivity contribution in [2.75, 3.05) is 18.5 Å². The van der Waals surface area contributed by atoms with Gasteiger partial charge in [-0.3, -0.25) is 0 Å². The molecular formula is C12H13N3. The van der Waals surface area contributed by atoms with Crippen LogP contribution in [0.2, 0.25) is 0 Å². The SMILES string of the molecule is CN1CC=Nc2c1c1ccccc1n2C. The highest BCUT2D eigenvalue weighted by atomic mass is 15.2. The highest BCUT2D eigenvalue weighted by Crippen LogP contribution is 2.39. The van der Waals surface area contributed by atoms with Crippen molar-refractivity contribution >= 4 is 28.6 Å². The second-order valence-corrected chi connectivity index (χ2v) is 3.94. The van der Waals surface area contributed by atoms with Gasteiger partial charge in [0.15, 0.2) is 5.82 Å². The Kier molecular flexibility index (Phi) is 1.63. The number of anilines is 1. The molecule has 76 valence electrons. The first-order valence-electron chi connectivity index (χ1n) is 5.10. The molecule has 0 unspecified atom stereocenters. The molecule has 3 rings (SSSR count). The van der Waals surface area contributed by atoms with Crippen molar-refractivity contribution in [3.05, 3.63) is 24.3 Å². The van der Waals surface area contributed by atoms with Crippen LogP contribution in [-0.4, -0.2) is 24.4 Å². The van der Waals surface area contributed by atoms with Crippen molar-refractivity contribution in [2.45, 2.75) is 0 Å². The average Bonchev–Trinajstić information content (AvgIpc) is 2.55. The predicted octanol–water partition coefficient (Wildman–Crippen LogP) is 2.33. The summed E-state index contributed by atoms with van der Waals surface area (Å²) < 4.78 is 2.15. The number of rotatable bonds is 0. The van der Waals surface area contributed by atoms with Gasteiger partial charge >= 0.3 is 0 Å². The Balaban J connectivity index is 2.47. The molecule has 0 saturated carbocycles. The van der Waals surface area contributed by atoms with E-state index >= 15 is 0 Å². The molecule has 1 aliphatic heterocycles. The maximum Gasteiger partial charge on any atom is 0.156 e. The van der Waals surface area contributed by atoms with E-state index in [9.17, 15) is 0 Å². The molecule has 3 nitrogen and oxygen atoms in total. The van der Waals surface area contributed by atoms with E-state index in [-0.39, 0.29) is 0 Å². The van der Waals surface area contributed by atoms with Gasteiger partial charge in [-0.2, -0.15) is 0 Å². The molecule has 15 heavy (non-hydrogen) atoms. The number of benzene rings is 1. The van der Waals surface area contributed by atoms with Gasteiger partial charge in [0.05, 0.1) is 17.7 Å². The van der Waals surface area contributed by atoms with Crippen molar-refractivity contribution in [1.29, 1.82) is 0 Å². The van der Waals surface area contributed by atoms with Crippen molar-refractivity contribution in [3.8, 4) is 0 Å². The summed E-state index contributed by atoms with van der Waals surface area (Å²) >= 11 is 0. The second-order valence-electron chi connectivity index (χ2n) is 3.94. The zero-order valence-corrected chi connectivity index (χ0v) is 8.94. The first-order valence-corrected chi connectivity index (χ1v) is 5.10. The fraction of sp³-hybridized carbons (Fsp3) is 0.250. The number of nitrogens with zero attached hydrogens (tertiary/aromatic N) is 3. The van der Waals surface area contributed by atoms with Crippen LogP contribution < -0.4 is 4.90 Å². The summed E-state index contributed by atoms with van der Waals surface area (Å²) in [7, 11) is 4.17. The number of aryl methyl sites for hydroxylation is 1. The maximum atomic E-state index is 4.48. The Morgan fingerprint density at radius 2 is 2.00 bits per heavy atom. The van der Waals surface area contributed by atoms with Crippen molar-refractivity contribution in [1.82, 2.24) is 4.57 Å². The van der Waals surface area contributed by atoms with Crippen LogP contribution in [0.4, 0.5) is 11.5 Å². The normalized spacial score (nSPS) is 14.7. The minimum absolute atomic E-state index is 0.890. The van der Waals surface area contributed by atoms with Gasteiger partial charge in [0.2, 0.25) is 0 Å². The summed E-state index contributed by atoms with van der Waals surface area (Å²) in [4.78, 5) is 6.72. The van der Waals surface area contributed by atoms with Gasteiger partial charge in [-0.05, 0) is 6.07 Å². The minimum Gasteiger partial charge on any atom is -0.366 e. The van der Waals surface area contributed by atoms with Gasteiger partial charge in [0.1, 0.15) is 0 Å². The summed E-state index contributed by atoms with van der Waals surface area (Å²) in [6.07, 6.45) is 1.96. The lowest BCUT2D eigenvalue weighted by molar-refractivity contribution is 0.943. The average molecular weight is 199 g/mol. The molecule has 1 aromatic carbocycles. The zero-order chi connectivity index (χ0) is 10.4. The van der Waals surface area contributed by atoms with E-state index in [1.165, 1.54) is 16.6 Å². The number of hydrogen-bond acceptors (Lipinski definition) is 2. The summed E-state index contributed by atoms with van der Waals surface area (Å²) in [6, 6.07) is 8.44. The number of para-hydroxylation sites is 1. The van der Waals surface area contributed by atoms with E-state index in [1.807, 2.05) is 6.21 Å². The van der Waals surface area contributed by atoms with Crippen molar-refractivity contribution in [2.24, 2.45) is 12.0 Å². The molecule has 0 fully saturated rings. The van der Waals surface area contributed by atoms with Crippen molar-refractivity contribution < 1.29 is 0 Å². The lowest BCUT2D eigenvalue weighted by Gasteiger charge is -2.20. The van der Waals surface area contributed by atoms with Crippen LogP contribution in [0.1, 0.15) is 0 Å². The Bertz CT molecular complexity index is 551. The second kappa shape index (κ2) is 2.86. The molecule has 0 radical (unpaired) electrons. The van der Waals surface area contributed by atoms with E-state index in [2.05, 4.69) is 52.8 Å². The van der Waals surface area contributed by atoms with E-state index < -0.39 is 0 Å². The Morgan fingerprint density at radius 1 is 1.20 bits per heavy atom. The van der Waals surface area contributed by atoms with E-state index in [4.69, 9.17) is 0 Å². The van der Waals surface area contributed by atoms with Crippen LogP contribution in [0.3, 0.4) is 0 Å². The van der Waals surface area contributed by atoms with Gasteiger partial charge in [0, 0.05) is 25.7 Å². The molecule has 0 bridgehead atoms. The Hall–Kier alpha value is -1.77. The lowest BCUT2D eigenvalue weighted by Crippen LogP contribution is -2.21. The molecule has 0 spiro atoms. The van der Waals surface area contributed by atoms with Gasteiger partial charge in [-0.15, -0.1) is 0 Å². The molecule has 0 aliphatic carbocycles. The van der Waals surface area contributed by atoms with E-state index in [0.717, 1.165) is 12.4 Å². The molecule has 0 saturated heterocycles. The fourth-order valence-electron chi connectivity index (χ4n) is 2.22. The van der Waals surface area contributed by atoms with Crippen LogP contribution >= 0.6 is 0 Å². The molecule has 3 heteroatoms. The molecular weight excluding hydrogens is 186 g/mol. The maximum absolute atomic E-state index is 4.48. The number of aliphatic imine (C=N–C) groups is 1. The van der Waals surface area contributed by atoms with Crippen LogP contribution in [0.15, 0.2) is 29.3 Å². The van der Waals surface area contributed by atoms with Crippen LogP contribution in [-0.2, 0) is 7.05 Å². The van der Waals surface area contributed by atoms with Gasteiger partial charge in [-0.1, -0.05) is 18.2 Å². The van der Waals surface area contributed by atoms with Crippen LogP contribution in [0.5, 0.6) is 0 Å². The number of aromatic nitrogens is 1. The van der Waals surface area contributed by atoms with Crippen molar-refractivity contribution in [3.63, 3.8) is 0 Å². The molecule has 0 N–H and O–H groups in total. The fourth-order valence-corrected chi connectivity index (χ4v) is 2.22. The molecule has 2 heterocycles. The molecule has 2 aromatic rings. The molecule has 1 aromatic heterocycles. The summed E-state index contributed by atoms with van der Waals surface area (Å²) in [5.41, 5.74) is 2.49. The first kappa shape index (κ1) is 8.53. The van der Waals surface area contributed by atoms with Gasteiger partial charge in [-0.25, -0.2) is 4.99 Å². The van der Waals surface area contributed by atoms with Crippen LogP contribution in [0, 0.1) is 0 Å². The zero-order valence-electron chi connectivity index (χ0n) is 8.94. The predicted molar refractivity (Wildman–Crippen MR) is 64.3 cm³/mol. The van der Waals surface area contributed by atoms with E-state index in [1.54, 1.807) is 0 Å². The monoisotopic (exact) mass is 199 g/mol. The van der Waals surface area contributed by atoms with E-state index in [0.29, 0.717) is 0 Å². The standard InChI is InChI=1S/C12H13N3/c1-14-8-7-13-12-11(14)9-5-3-4-6-10(9)15(12)2/h3-7H,8H2,1-2H3. The first-order chi connectivity index (χ1) is 7.29.